The number of hydrogen-bond acceptors (Lipinski definition) is 0. The van der Waals surface area contributed by atoms with Gasteiger partial charge in [0.15, 0.2) is 0 Å². The zero-order valence-electron chi connectivity index (χ0n) is 62.8. The highest BCUT2D eigenvalue weighted by Gasteiger charge is 2.48. The lowest BCUT2D eigenvalue weighted by Crippen LogP contribution is -2.43. The lowest BCUT2D eigenvalue weighted by molar-refractivity contribution is 0.551. The molecule has 0 aliphatic heterocycles. The first-order chi connectivity index (χ1) is 44.3. The number of aryl methyl sites for hydroxylation is 1. The highest BCUT2D eigenvalue weighted by atomic mass is 28.3. The molecular weight excluding hydrogens is 1190 g/mol. The summed E-state index contributed by atoms with van der Waals surface area (Å²) < 4.78 is 0. The fourth-order valence-corrected chi connectivity index (χ4v) is 41.1. The molecule has 11 rings (SSSR count). The van der Waals surface area contributed by atoms with Gasteiger partial charge in [-0.25, -0.2) is 0 Å². The average molecular weight is 1310 g/mol. The van der Waals surface area contributed by atoms with E-state index in [1.807, 2.05) is 0 Å². The van der Waals surface area contributed by atoms with Gasteiger partial charge in [0.25, 0.3) is 0 Å². The molecule has 3 aliphatic rings. The summed E-state index contributed by atoms with van der Waals surface area (Å²) in [7, 11) is -7.98. The lowest BCUT2D eigenvalue weighted by Gasteiger charge is -2.45. The van der Waals surface area contributed by atoms with E-state index >= 15 is 0 Å². The highest BCUT2D eigenvalue weighted by molar-refractivity contribution is 6.92. The second kappa shape index (κ2) is 27.1. The van der Waals surface area contributed by atoms with Crippen LogP contribution in [0.1, 0.15) is 264 Å². The Morgan fingerprint density at radius 3 is 0.702 bits per heavy atom. The molecule has 0 saturated heterocycles. The quantitative estimate of drug-likeness (QED) is 0.0797. The fourth-order valence-electron chi connectivity index (χ4n) is 20.2. The van der Waals surface area contributed by atoms with Crippen molar-refractivity contribution < 1.29 is 0 Å². The molecule has 0 radical (unpaired) electrons. The van der Waals surface area contributed by atoms with Gasteiger partial charge in [-0.05, 0) is 215 Å². The number of benzene rings is 8. The van der Waals surface area contributed by atoms with E-state index < -0.39 is 32.3 Å². The normalized spacial score (nSPS) is 16.8. The Hall–Kier alpha value is -6.09. The first-order valence-electron chi connectivity index (χ1n) is 36.7. The molecule has 0 amide bonds. The van der Waals surface area contributed by atoms with Gasteiger partial charge in [0.2, 0.25) is 0 Å². The largest absolute Gasteiger partial charge is 0.146 e. The minimum absolute atomic E-state index is 0.0272. The van der Waals surface area contributed by atoms with E-state index in [-0.39, 0.29) is 23.7 Å². The maximum absolute atomic E-state index is 4.11. The summed E-state index contributed by atoms with van der Waals surface area (Å²) in [5.74, 6) is 15.8. The van der Waals surface area contributed by atoms with Crippen LogP contribution in [-0.4, -0.2) is 32.3 Å². The van der Waals surface area contributed by atoms with Gasteiger partial charge in [-0.1, -0.05) is 270 Å². The third kappa shape index (κ3) is 12.1. The van der Waals surface area contributed by atoms with E-state index in [1.54, 1.807) is 0 Å². The maximum Gasteiger partial charge on any atom is 0.146 e. The van der Waals surface area contributed by atoms with Crippen molar-refractivity contribution in [1.29, 1.82) is 0 Å². The van der Waals surface area contributed by atoms with Crippen molar-refractivity contribution in [2.75, 3.05) is 0 Å². The molecule has 490 valence electrons. The van der Waals surface area contributed by atoms with Gasteiger partial charge < -0.3 is 0 Å². The Bertz CT molecular complexity index is 4240. The van der Waals surface area contributed by atoms with Gasteiger partial charge >= 0.3 is 0 Å². The van der Waals surface area contributed by atoms with Crippen LogP contribution in [0.3, 0.4) is 0 Å². The molecule has 0 nitrogen and oxygen atoms in total. The van der Waals surface area contributed by atoms with Crippen LogP contribution in [0.2, 0.25) is 66.5 Å². The van der Waals surface area contributed by atoms with Crippen molar-refractivity contribution in [3.63, 3.8) is 0 Å². The van der Waals surface area contributed by atoms with Crippen molar-refractivity contribution in [3.05, 3.63) is 188 Å². The summed E-state index contributed by atoms with van der Waals surface area (Å²) in [5.41, 5.74) is 39.0. The Labute approximate surface area is 575 Å². The summed E-state index contributed by atoms with van der Waals surface area (Å²) in [6, 6.07) is 49.3. The van der Waals surface area contributed by atoms with Gasteiger partial charge in [-0.3, -0.25) is 0 Å². The van der Waals surface area contributed by atoms with Gasteiger partial charge in [0.1, 0.15) is 32.3 Å². The van der Waals surface area contributed by atoms with E-state index in [2.05, 4.69) is 347 Å². The van der Waals surface area contributed by atoms with E-state index in [0.29, 0.717) is 66.5 Å². The van der Waals surface area contributed by atoms with Crippen LogP contribution in [0.4, 0.5) is 0 Å². The minimum atomic E-state index is -2.00. The molecule has 0 fully saturated rings. The molecular formula is C90H114Si4. The predicted molar refractivity (Wildman–Crippen MR) is 426 cm³/mol. The molecule has 2 atom stereocenters. The Kier molecular flexibility index (Phi) is 20.4. The predicted octanol–water partition coefficient (Wildman–Crippen LogP) is 26.4. The van der Waals surface area contributed by atoms with Crippen LogP contribution >= 0.6 is 0 Å². The molecule has 8 aromatic carbocycles. The van der Waals surface area contributed by atoms with E-state index in [9.17, 15) is 0 Å². The number of fused-ring (bicyclic) bond motifs is 4. The first-order valence-corrected chi connectivity index (χ1v) is 45.6. The summed E-state index contributed by atoms with van der Waals surface area (Å²) in [4.78, 5) is 0. The standard InChI is InChI=1S/C90H114Si4/c1-55(2)91(56(3)4,57(5)6)39-35-69-27-31-73-43-67(25)81(51-77(73)44-69)89-83-52-78-45-70(36-40-92(58(7)8,59(9)10)60(11)12)28-32-74(78)48-82(83)68(26)88-84-49-75-33-29-71(37-41-93(61(13)14,62(15)16)63(17)18)46-79(75)53-86(84)90(89)87-54-80-47-72(30-34-76(80)50-85(87)88)38-42-94(64(19)20,65(21)22)66(23)24/h27-34,43-66,68,88-90H,1-26H3/t68-,88?,89-,90?/m0/s1. The van der Waals surface area contributed by atoms with Crippen LogP contribution in [0.5, 0.6) is 0 Å². The summed E-state index contributed by atoms with van der Waals surface area (Å²) >= 11 is 0. The van der Waals surface area contributed by atoms with Crippen LogP contribution in [-0.2, 0) is 0 Å². The monoisotopic (exact) mass is 1310 g/mol. The second-order valence-electron chi connectivity index (χ2n) is 33.2. The second-order valence-corrected chi connectivity index (χ2v) is 55.5. The molecule has 0 N–H and O–H groups in total. The van der Waals surface area contributed by atoms with Crippen LogP contribution in [0, 0.1) is 52.8 Å². The van der Waals surface area contributed by atoms with Crippen LogP contribution in [0.15, 0.2) is 121 Å². The molecule has 4 heteroatoms. The van der Waals surface area contributed by atoms with E-state index in [4.69, 9.17) is 0 Å². The van der Waals surface area contributed by atoms with Gasteiger partial charge in [-0.15, -0.1) is 22.2 Å². The summed E-state index contributed by atoms with van der Waals surface area (Å²) in [6.07, 6.45) is 0. The fraction of sp³-hybridized carbons (Fsp3) is 0.467. The Balaban J connectivity index is 1.31. The smallest absolute Gasteiger partial charge is 0.125 e. The minimum Gasteiger partial charge on any atom is -0.125 e. The molecule has 0 heterocycles. The van der Waals surface area contributed by atoms with Gasteiger partial charge in [0.05, 0.1) is 0 Å². The van der Waals surface area contributed by atoms with Crippen LogP contribution < -0.4 is 0 Å². The number of rotatable bonds is 13. The summed E-state index contributed by atoms with van der Waals surface area (Å²) in [6.45, 7) is 63.2. The maximum atomic E-state index is 4.11. The third-order valence-corrected chi connectivity index (χ3v) is 50.0. The lowest BCUT2D eigenvalue weighted by atomic mass is 9.57. The van der Waals surface area contributed by atoms with Crippen molar-refractivity contribution in [2.24, 2.45) is 0 Å². The van der Waals surface area contributed by atoms with Crippen molar-refractivity contribution >= 4 is 75.4 Å². The SMILES string of the molecule is Cc1cc2ccc(C#C[Si](C(C)C)(C(C)C)C(C)C)cc2cc1[C@H]1c2cc3cc(C#C[Si](C(C)C)(C(C)C)C(C)C)ccc3cc2[C@H](C)C2c3cc4ccc(C#C[Si](C(C)C)(C(C)C)C(C)C)cc4cc3C1c1cc3cc(C#C[Si](C(C)C)(C(C)C)C(C)C)ccc3cc12. The molecule has 3 aliphatic carbocycles. The van der Waals surface area contributed by atoms with Gasteiger partial charge in [0, 0.05) is 40.0 Å². The zero-order valence-corrected chi connectivity index (χ0v) is 66.8. The molecule has 0 unspecified atom stereocenters. The molecule has 0 saturated carbocycles. The van der Waals surface area contributed by atoms with E-state index in [0.717, 1.165) is 22.3 Å². The highest BCUT2D eigenvalue weighted by Crippen LogP contribution is 2.61. The third-order valence-electron chi connectivity index (χ3n) is 24.8. The summed E-state index contributed by atoms with van der Waals surface area (Å²) in [5, 5.41) is 10.2. The topological polar surface area (TPSA) is 0 Å². The molecule has 8 aromatic rings. The zero-order chi connectivity index (χ0) is 68.6. The molecule has 94 heavy (non-hydrogen) atoms. The van der Waals surface area contributed by atoms with Crippen molar-refractivity contribution in [1.82, 2.24) is 0 Å². The Morgan fingerprint density at radius 2 is 0.436 bits per heavy atom. The van der Waals surface area contributed by atoms with Crippen molar-refractivity contribution in [2.45, 2.75) is 270 Å². The molecule has 2 bridgehead atoms. The van der Waals surface area contributed by atoms with Gasteiger partial charge in [-0.2, -0.15) is 0 Å². The van der Waals surface area contributed by atoms with Crippen molar-refractivity contribution in [3.8, 4) is 45.9 Å². The molecule has 0 spiro atoms. The number of hydrogen-bond donors (Lipinski definition) is 0. The van der Waals surface area contributed by atoms with Crippen LogP contribution in [0.25, 0.3) is 43.1 Å². The van der Waals surface area contributed by atoms with E-state index in [1.165, 1.54) is 87.6 Å². The average Bonchev–Trinajstić information content (AvgIpc) is 0.697. The Morgan fingerprint density at radius 1 is 0.234 bits per heavy atom. The molecule has 0 aromatic heterocycles. The first kappa shape index (κ1) is 70.7.